The molecule has 0 spiro atoms. The average Bonchev–Trinajstić information content (AvgIpc) is 2.36. The third-order valence-electron chi connectivity index (χ3n) is 2.60. The molecule has 50 valence electrons. The summed E-state index contributed by atoms with van der Waals surface area (Å²) in [5, 5.41) is 17.4. The molecule has 0 amide bonds. The molecule has 2 N–H and O–H groups in total. The lowest BCUT2D eigenvalue weighted by Crippen LogP contribution is -2.36. The molecule has 3 atom stereocenters. The molecule has 0 heterocycles. The standard InChI is InChI=1S/C6H8O3/c7-4-2-6(5(8)9)1-3(4)6/h3-4,7H,1-2H2,(H,8,9)/t3?,4?,6-/m0/s1. The Morgan fingerprint density at radius 2 is 2.22 bits per heavy atom. The van der Waals surface area contributed by atoms with Crippen LogP contribution in [0, 0.1) is 11.3 Å². The van der Waals surface area contributed by atoms with Crippen molar-refractivity contribution in [1.29, 1.82) is 0 Å². The number of aliphatic carboxylic acids is 1. The maximum absolute atomic E-state index is 10.4. The highest BCUT2D eigenvalue weighted by Crippen LogP contribution is 2.67. The van der Waals surface area contributed by atoms with Crippen LogP contribution < -0.4 is 0 Å². The minimum Gasteiger partial charge on any atom is -0.481 e. The van der Waals surface area contributed by atoms with Crippen molar-refractivity contribution in [2.75, 3.05) is 0 Å². The monoisotopic (exact) mass is 128 g/mol. The van der Waals surface area contributed by atoms with Gasteiger partial charge >= 0.3 is 5.97 Å². The summed E-state index contributed by atoms with van der Waals surface area (Å²) in [4.78, 5) is 10.4. The molecule has 2 aliphatic rings. The maximum atomic E-state index is 10.4. The fourth-order valence-corrected chi connectivity index (χ4v) is 1.76. The molecule has 0 radical (unpaired) electrons. The van der Waals surface area contributed by atoms with Gasteiger partial charge in [0.05, 0.1) is 11.5 Å². The second kappa shape index (κ2) is 1.14. The van der Waals surface area contributed by atoms with E-state index in [0.717, 1.165) is 0 Å². The van der Waals surface area contributed by atoms with Gasteiger partial charge in [0, 0.05) is 5.92 Å². The van der Waals surface area contributed by atoms with Gasteiger partial charge in [0.25, 0.3) is 0 Å². The largest absolute Gasteiger partial charge is 0.481 e. The Balaban J connectivity index is 2.12. The van der Waals surface area contributed by atoms with Crippen LogP contribution in [-0.2, 0) is 4.79 Å². The van der Waals surface area contributed by atoms with Gasteiger partial charge in [-0.1, -0.05) is 0 Å². The van der Waals surface area contributed by atoms with Crippen molar-refractivity contribution in [2.45, 2.75) is 18.9 Å². The van der Waals surface area contributed by atoms with E-state index in [1.165, 1.54) is 0 Å². The normalized spacial score (nSPS) is 53.4. The Labute approximate surface area is 52.3 Å². The zero-order valence-electron chi connectivity index (χ0n) is 4.87. The Hall–Kier alpha value is -0.570. The topological polar surface area (TPSA) is 57.5 Å². The summed E-state index contributed by atoms with van der Waals surface area (Å²) in [6.45, 7) is 0. The predicted molar refractivity (Wildman–Crippen MR) is 28.8 cm³/mol. The van der Waals surface area contributed by atoms with Crippen LogP contribution in [0.15, 0.2) is 0 Å². The van der Waals surface area contributed by atoms with E-state index < -0.39 is 11.4 Å². The summed E-state index contributed by atoms with van der Waals surface area (Å²) in [5.74, 6) is -0.632. The smallest absolute Gasteiger partial charge is 0.310 e. The lowest BCUT2D eigenvalue weighted by atomic mass is 9.82. The first-order valence-corrected chi connectivity index (χ1v) is 3.08. The quantitative estimate of drug-likeness (QED) is 0.516. The number of hydrogen-bond donors (Lipinski definition) is 2. The van der Waals surface area contributed by atoms with Crippen LogP contribution in [0.5, 0.6) is 0 Å². The summed E-state index contributed by atoms with van der Waals surface area (Å²) in [5.41, 5.74) is -0.473. The van der Waals surface area contributed by atoms with Crippen LogP contribution >= 0.6 is 0 Å². The van der Waals surface area contributed by atoms with Gasteiger partial charge in [-0.2, -0.15) is 0 Å². The number of carbonyl (C=O) groups is 1. The Bertz CT molecular complexity index is 177. The highest BCUT2D eigenvalue weighted by molar-refractivity contribution is 5.80. The summed E-state index contributed by atoms with van der Waals surface area (Å²) >= 11 is 0. The molecule has 0 saturated heterocycles. The Kier molecular flexibility index (Phi) is 0.662. The third kappa shape index (κ3) is 0.399. The molecule has 3 nitrogen and oxygen atoms in total. The van der Waals surface area contributed by atoms with Crippen LogP contribution in [0.1, 0.15) is 12.8 Å². The Morgan fingerprint density at radius 3 is 2.33 bits per heavy atom. The fourth-order valence-electron chi connectivity index (χ4n) is 1.76. The van der Waals surface area contributed by atoms with Crippen molar-refractivity contribution in [2.24, 2.45) is 11.3 Å². The fraction of sp³-hybridized carbons (Fsp3) is 0.833. The van der Waals surface area contributed by atoms with Gasteiger partial charge in [-0.25, -0.2) is 0 Å². The van der Waals surface area contributed by atoms with E-state index in [4.69, 9.17) is 10.2 Å². The number of aliphatic hydroxyl groups excluding tert-OH is 1. The third-order valence-corrected chi connectivity index (χ3v) is 2.60. The molecule has 0 aromatic heterocycles. The maximum Gasteiger partial charge on any atom is 0.310 e. The molecule has 3 heteroatoms. The molecule has 2 fully saturated rings. The number of aliphatic hydroxyl groups is 1. The van der Waals surface area contributed by atoms with Gasteiger partial charge in [0.15, 0.2) is 0 Å². The first kappa shape index (κ1) is 5.23. The van der Waals surface area contributed by atoms with E-state index in [1.807, 2.05) is 0 Å². The van der Waals surface area contributed by atoms with Crippen LogP contribution in [0.25, 0.3) is 0 Å². The number of hydrogen-bond acceptors (Lipinski definition) is 2. The highest BCUT2D eigenvalue weighted by Gasteiger charge is 2.71. The van der Waals surface area contributed by atoms with Crippen molar-refractivity contribution in [3.63, 3.8) is 0 Å². The minimum absolute atomic E-state index is 0.0926. The first-order valence-electron chi connectivity index (χ1n) is 3.08. The van der Waals surface area contributed by atoms with Crippen molar-refractivity contribution in [3.05, 3.63) is 0 Å². The second-order valence-corrected chi connectivity index (χ2v) is 3.04. The van der Waals surface area contributed by atoms with E-state index in [0.29, 0.717) is 12.8 Å². The number of rotatable bonds is 1. The van der Waals surface area contributed by atoms with E-state index >= 15 is 0 Å². The summed E-state index contributed by atoms with van der Waals surface area (Å²) in [6, 6.07) is 0. The minimum atomic E-state index is -0.724. The molecular formula is C6H8O3. The van der Waals surface area contributed by atoms with Crippen molar-refractivity contribution >= 4 is 5.97 Å². The van der Waals surface area contributed by atoms with Crippen LogP contribution in [0.2, 0.25) is 0 Å². The number of carboxylic acids is 1. The van der Waals surface area contributed by atoms with Gasteiger partial charge in [-0.05, 0) is 12.8 Å². The molecular weight excluding hydrogens is 120 g/mol. The van der Waals surface area contributed by atoms with E-state index in [2.05, 4.69) is 0 Å². The summed E-state index contributed by atoms with van der Waals surface area (Å²) < 4.78 is 0. The van der Waals surface area contributed by atoms with Crippen molar-refractivity contribution in [3.8, 4) is 0 Å². The summed E-state index contributed by atoms with van der Waals surface area (Å²) in [7, 11) is 0. The van der Waals surface area contributed by atoms with Crippen LogP contribution in [-0.4, -0.2) is 22.3 Å². The zero-order chi connectivity index (χ0) is 6.65. The Morgan fingerprint density at radius 1 is 1.56 bits per heavy atom. The van der Waals surface area contributed by atoms with Crippen LogP contribution in [0.4, 0.5) is 0 Å². The molecule has 0 bridgehead atoms. The van der Waals surface area contributed by atoms with E-state index in [9.17, 15) is 4.79 Å². The average molecular weight is 128 g/mol. The van der Waals surface area contributed by atoms with Crippen LogP contribution in [0.3, 0.4) is 0 Å². The lowest BCUT2D eigenvalue weighted by Gasteiger charge is -2.26. The molecule has 9 heavy (non-hydrogen) atoms. The molecule has 2 unspecified atom stereocenters. The van der Waals surface area contributed by atoms with Gasteiger partial charge in [0.1, 0.15) is 0 Å². The second-order valence-electron chi connectivity index (χ2n) is 3.04. The molecule has 2 aliphatic carbocycles. The molecule has 2 saturated carbocycles. The number of carboxylic acid groups (broad SMARTS) is 1. The van der Waals surface area contributed by atoms with E-state index in [1.54, 1.807) is 0 Å². The zero-order valence-corrected chi connectivity index (χ0v) is 4.87. The highest BCUT2D eigenvalue weighted by atomic mass is 16.4. The van der Waals surface area contributed by atoms with Gasteiger partial charge < -0.3 is 10.2 Å². The SMILES string of the molecule is O=C(O)[C@@]12CC(O)C1C2. The van der Waals surface area contributed by atoms with Gasteiger partial charge in [-0.15, -0.1) is 0 Å². The van der Waals surface area contributed by atoms with Gasteiger partial charge in [0.2, 0.25) is 0 Å². The lowest BCUT2D eigenvalue weighted by molar-refractivity contribution is -0.150. The molecule has 0 aromatic rings. The molecule has 0 aliphatic heterocycles. The summed E-state index contributed by atoms with van der Waals surface area (Å²) in [6.07, 6.45) is 0.859. The van der Waals surface area contributed by atoms with E-state index in [-0.39, 0.29) is 12.0 Å². The molecule has 2 rings (SSSR count). The van der Waals surface area contributed by atoms with Crippen molar-refractivity contribution < 1.29 is 15.0 Å². The van der Waals surface area contributed by atoms with Crippen molar-refractivity contribution in [1.82, 2.24) is 0 Å². The predicted octanol–water partition coefficient (Wildman–Crippen LogP) is -0.158. The first-order chi connectivity index (χ1) is 4.17. The molecule has 0 aromatic carbocycles. The van der Waals surface area contributed by atoms with Gasteiger partial charge in [-0.3, -0.25) is 4.79 Å². The number of fused-ring (bicyclic) bond motifs is 1.